The zero-order valence-electron chi connectivity index (χ0n) is 14.2. The van der Waals surface area contributed by atoms with Gasteiger partial charge >= 0.3 is 19.9 Å². The summed E-state index contributed by atoms with van der Waals surface area (Å²) in [5, 5.41) is 3.45. The average molecular weight is 446 g/mol. The van der Waals surface area contributed by atoms with Crippen molar-refractivity contribution in [2.24, 2.45) is 7.05 Å². The summed E-state index contributed by atoms with van der Waals surface area (Å²) in [6.07, 6.45) is -12.2. The second-order valence-electron chi connectivity index (χ2n) is 5.54. The highest BCUT2D eigenvalue weighted by Crippen LogP contribution is 2.52. The predicted molar refractivity (Wildman–Crippen MR) is 80.9 cm³/mol. The number of halogens is 6. The lowest BCUT2D eigenvalue weighted by atomic mass is 10.5. The van der Waals surface area contributed by atoms with Gasteiger partial charge in [0.05, 0.1) is 37.9 Å². The number of nitrogens with zero attached hydrogens (tertiary/aromatic N) is 2. The molecule has 0 aliphatic rings. The van der Waals surface area contributed by atoms with Crippen LogP contribution in [0, 0.1) is 0 Å². The van der Waals surface area contributed by atoms with Crippen molar-refractivity contribution >= 4 is 17.4 Å². The van der Waals surface area contributed by atoms with E-state index in [4.69, 9.17) is 0 Å². The van der Waals surface area contributed by atoms with E-state index in [-0.39, 0.29) is 10.7 Å². The van der Waals surface area contributed by atoms with Crippen LogP contribution in [0.1, 0.15) is 18.5 Å². The minimum absolute atomic E-state index is 0.180. The topological polar surface area (TPSA) is 87.5 Å². The largest absolute Gasteiger partial charge is 0.391 e. The summed E-state index contributed by atoms with van der Waals surface area (Å²) in [6, 6.07) is 0.988. The number of sulfone groups is 1. The second-order valence-corrected chi connectivity index (χ2v) is 9.55. The molecule has 7 nitrogen and oxygen atoms in total. The lowest BCUT2D eigenvalue weighted by molar-refractivity contribution is -0.141. The monoisotopic (exact) mass is 446 g/mol. The SMILES string of the molecule is Cn1nc(CP(=O)(OCCC(F)(F)F)OCCC(F)(F)F)cc1S(C)(=O)=O. The first kappa shape index (κ1) is 23.9. The third-order valence-corrected chi connectivity index (χ3v) is 5.98. The quantitative estimate of drug-likeness (QED) is 0.427. The molecule has 0 amide bonds. The smallest absolute Gasteiger partial charge is 0.308 e. The van der Waals surface area contributed by atoms with Crippen molar-refractivity contribution in [2.45, 2.75) is 36.4 Å². The number of hydrogen-bond donors (Lipinski definition) is 0. The third-order valence-electron chi connectivity index (χ3n) is 2.97. The van der Waals surface area contributed by atoms with Gasteiger partial charge in [-0.25, -0.2) is 8.42 Å². The Morgan fingerprint density at radius 2 is 1.52 bits per heavy atom. The predicted octanol–water partition coefficient (Wildman–Crippen LogP) is 3.45. The molecule has 1 aromatic heterocycles. The Hall–Kier alpha value is -1.11. The minimum atomic E-state index is -4.63. The standard InChI is InChI=1S/C12H17F6N2O5PS/c1-20-10(27(2,22)23)7-9(19-20)8-26(21,24-5-3-11(13,14)15)25-6-4-12(16,17)18/h7H,3-6,8H2,1-2H3. The molecule has 0 unspecified atom stereocenters. The van der Waals surface area contributed by atoms with Crippen molar-refractivity contribution in [1.29, 1.82) is 0 Å². The molecule has 27 heavy (non-hydrogen) atoms. The fourth-order valence-corrected chi connectivity index (χ4v) is 4.28. The first-order chi connectivity index (χ1) is 12.0. The van der Waals surface area contributed by atoms with E-state index in [1.54, 1.807) is 0 Å². The fourth-order valence-electron chi connectivity index (χ4n) is 1.86. The van der Waals surface area contributed by atoms with Gasteiger partial charge in [-0.15, -0.1) is 0 Å². The molecule has 0 spiro atoms. The van der Waals surface area contributed by atoms with Crippen LogP contribution in [0.25, 0.3) is 0 Å². The van der Waals surface area contributed by atoms with Crippen molar-refractivity contribution in [1.82, 2.24) is 9.78 Å². The molecule has 0 saturated carbocycles. The van der Waals surface area contributed by atoms with Crippen LogP contribution in [0.4, 0.5) is 26.3 Å². The molecule has 0 aliphatic heterocycles. The molecule has 0 saturated heterocycles. The van der Waals surface area contributed by atoms with Gasteiger partial charge in [-0.3, -0.25) is 9.25 Å². The molecule has 0 N–H and O–H groups in total. The van der Waals surface area contributed by atoms with Crippen molar-refractivity contribution in [3.8, 4) is 0 Å². The van der Waals surface area contributed by atoms with E-state index >= 15 is 0 Å². The molecular formula is C12H17F6N2O5PS. The van der Waals surface area contributed by atoms with Crippen molar-refractivity contribution in [2.75, 3.05) is 19.5 Å². The Labute approximate surface area is 151 Å². The van der Waals surface area contributed by atoms with E-state index in [0.717, 1.165) is 17.0 Å². The number of alkyl halides is 6. The normalized spacial score (nSPS) is 13.9. The van der Waals surface area contributed by atoms with Crippen LogP contribution in [0.3, 0.4) is 0 Å². The summed E-state index contributed by atoms with van der Waals surface area (Å²) < 4.78 is 119. The lowest BCUT2D eigenvalue weighted by Gasteiger charge is -2.18. The number of aryl methyl sites for hydroxylation is 1. The number of rotatable bonds is 9. The van der Waals surface area contributed by atoms with Crippen molar-refractivity contribution in [3.63, 3.8) is 0 Å². The Morgan fingerprint density at radius 3 is 1.85 bits per heavy atom. The molecule has 0 aromatic carbocycles. The third kappa shape index (κ3) is 9.08. The zero-order valence-corrected chi connectivity index (χ0v) is 15.9. The molecule has 1 rings (SSSR count). The van der Waals surface area contributed by atoms with Crippen molar-refractivity contribution in [3.05, 3.63) is 11.8 Å². The van der Waals surface area contributed by atoms with Gasteiger partial charge in [-0.05, 0) is 6.07 Å². The second kappa shape index (κ2) is 8.50. The molecule has 158 valence electrons. The molecule has 0 fully saturated rings. The maximum Gasteiger partial charge on any atom is 0.391 e. The number of hydrogen-bond acceptors (Lipinski definition) is 6. The first-order valence-electron chi connectivity index (χ1n) is 7.25. The van der Waals surface area contributed by atoms with Crippen LogP contribution >= 0.6 is 7.60 Å². The van der Waals surface area contributed by atoms with Crippen LogP contribution in [0.2, 0.25) is 0 Å². The summed E-state index contributed by atoms with van der Waals surface area (Å²) in [5.74, 6) is 0. The van der Waals surface area contributed by atoms with Gasteiger partial charge in [0, 0.05) is 13.3 Å². The maximum atomic E-state index is 12.5. The molecular weight excluding hydrogens is 429 g/mol. The fraction of sp³-hybridized carbons (Fsp3) is 0.750. The summed E-state index contributed by atoms with van der Waals surface area (Å²) in [5.41, 5.74) is -0.180. The zero-order chi connectivity index (χ0) is 21.1. The highest BCUT2D eigenvalue weighted by molar-refractivity contribution is 7.90. The van der Waals surface area contributed by atoms with Crippen molar-refractivity contribution < 1.29 is 48.4 Å². The molecule has 1 heterocycles. The van der Waals surface area contributed by atoms with E-state index in [0.29, 0.717) is 0 Å². The Bertz CT molecular complexity index is 765. The Balaban J connectivity index is 2.94. The van der Waals surface area contributed by atoms with Gasteiger partial charge in [0.15, 0.2) is 14.9 Å². The van der Waals surface area contributed by atoms with E-state index in [1.807, 2.05) is 0 Å². The van der Waals surface area contributed by atoms with E-state index in [2.05, 4.69) is 14.1 Å². The van der Waals surface area contributed by atoms with Crippen LogP contribution in [-0.2, 0) is 36.7 Å². The summed E-state index contributed by atoms with van der Waals surface area (Å²) in [4.78, 5) is 0. The van der Waals surface area contributed by atoms with Gasteiger partial charge in [0.2, 0.25) is 0 Å². The molecule has 0 radical (unpaired) electrons. The molecule has 15 heteroatoms. The highest BCUT2D eigenvalue weighted by Gasteiger charge is 2.34. The Kier molecular flexibility index (Phi) is 7.53. The van der Waals surface area contributed by atoms with E-state index in [1.165, 1.54) is 7.05 Å². The first-order valence-corrected chi connectivity index (χ1v) is 10.9. The molecule has 0 bridgehead atoms. The van der Waals surface area contributed by atoms with Crippen LogP contribution in [-0.4, -0.2) is 50.0 Å². The molecule has 0 aliphatic carbocycles. The summed E-state index contributed by atoms with van der Waals surface area (Å²) >= 11 is 0. The summed E-state index contributed by atoms with van der Waals surface area (Å²) in [7, 11) is -6.90. The number of aromatic nitrogens is 2. The van der Waals surface area contributed by atoms with Gasteiger partial charge in [0.1, 0.15) is 0 Å². The molecule has 1 aromatic rings. The Morgan fingerprint density at radius 1 is 1.07 bits per heavy atom. The van der Waals surface area contributed by atoms with Gasteiger partial charge in [0.25, 0.3) is 0 Å². The van der Waals surface area contributed by atoms with Crippen LogP contribution in [0.15, 0.2) is 11.1 Å². The van der Waals surface area contributed by atoms with E-state index in [9.17, 15) is 39.3 Å². The van der Waals surface area contributed by atoms with E-state index < -0.39 is 62.0 Å². The lowest BCUT2D eigenvalue weighted by Crippen LogP contribution is -2.14. The maximum absolute atomic E-state index is 12.5. The van der Waals surface area contributed by atoms with Gasteiger partial charge < -0.3 is 9.05 Å². The molecule has 0 atom stereocenters. The van der Waals surface area contributed by atoms with Crippen LogP contribution in [0.5, 0.6) is 0 Å². The van der Waals surface area contributed by atoms with Gasteiger partial charge in [-0.1, -0.05) is 0 Å². The average Bonchev–Trinajstić information content (AvgIpc) is 2.75. The van der Waals surface area contributed by atoms with Gasteiger partial charge in [-0.2, -0.15) is 31.4 Å². The highest BCUT2D eigenvalue weighted by atomic mass is 32.2. The van der Waals surface area contributed by atoms with Crippen LogP contribution < -0.4 is 0 Å². The summed E-state index contributed by atoms with van der Waals surface area (Å²) in [6.45, 7) is -2.20. The minimum Gasteiger partial charge on any atom is -0.308 e.